The topological polar surface area (TPSA) is 112 Å². The number of hydrogen-bond donors (Lipinski definition) is 0. The number of carbonyl (C=O) groups excluding carboxylic acids is 1. The van der Waals surface area contributed by atoms with Gasteiger partial charge in [-0.1, -0.05) is 18.2 Å². The van der Waals surface area contributed by atoms with Crippen LogP contribution in [0.25, 0.3) is 22.2 Å². The van der Waals surface area contributed by atoms with Crippen molar-refractivity contribution in [2.75, 3.05) is 6.26 Å². The third kappa shape index (κ3) is 3.99. The zero-order valence-corrected chi connectivity index (χ0v) is 16.1. The monoisotopic (exact) mass is 409 g/mol. The standard InChI is InChI=1S/C20H15N3O5S/c1-29(25,26)20-21-10-15-9-16(12-28-19(24)13-5-3-2-4-6-13)22-17(18(15)23-20)14-7-8-27-11-14/h2-11H,12H2,1H3. The highest BCUT2D eigenvalue weighted by molar-refractivity contribution is 7.90. The normalized spacial score (nSPS) is 11.5. The van der Waals surface area contributed by atoms with E-state index in [2.05, 4.69) is 15.0 Å². The zero-order chi connectivity index (χ0) is 20.4. The molecule has 0 atom stereocenters. The van der Waals surface area contributed by atoms with E-state index in [9.17, 15) is 13.2 Å². The van der Waals surface area contributed by atoms with Crippen LogP contribution in [0.1, 0.15) is 16.1 Å². The van der Waals surface area contributed by atoms with E-state index in [0.717, 1.165) is 6.26 Å². The molecule has 146 valence electrons. The second-order valence-corrected chi connectivity index (χ2v) is 8.19. The van der Waals surface area contributed by atoms with Crippen LogP contribution in [-0.4, -0.2) is 35.6 Å². The molecule has 0 unspecified atom stereocenters. The molecule has 0 aliphatic rings. The molecular formula is C20H15N3O5S. The van der Waals surface area contributed by atoms with E-state index in [1.165, 1.54) is 18.7 Å². The molecule has 0 saturated carbocycles. The molecule has 0 fully saturated rings. The largest absolute Gasteiger partial charge is 0.472 e. The Labute approximate surface area is 166 Å². The zero-order valence-electron chi connectivity index (χ0n) is 15.3. The van der Waals surface area contributed by atoms with Crippen molar-refractivity contribution in [3.63, 3.8) is 0 Å². The van der Waals surface area contributed by atoms with Crippen molar-refractivity contribution in [2.24, 2.45) is 0 Å². The second kappa shape index (κ2) is 7.44. The Balaban J connectivity index is 1.73. The predicted molar refractivity (Wildman–Crippen MR) is 104 cm³/mol. The number of aromatic nitrogens is 3. The van der Waals surface area contributed by atoms with Crippen molar-refractivity contribution in [1.82, 2.24) is 15.0 Å². The number of nitrogens with zero attached hydrogens (tertiary/aromatic N) is 3. The first-order valence-electron chi connectivity index (χ1n) is 8.53. The maximum absolute atomic E-state index is 12.2. The maximum atomic E-state index is 12.2. The average molecular weight is 409 g/mol. The summed E-state index contributed by atoms with van der Waals surface area (Å²) in [6, 6.07) is 12.0. The van der Waals surface area contributed by atoms with E-state index in [-0.39, 0.29) is 11.8 Å². The van der Waals surface area contributed by atoms with Gasteiger partial charge in [0.2, 0.25) is 15.0 Å². The van der Waals surface area contributed by atoms with E-state index >= 15 is 0 Å². The Morgan fingerprint density at radius 3 is 2.62 bits per heavy atom. The van der Waals surface area contributed by atoms with Crippen LogP contribution in [0.15, 0.2) is 70.8 Å². The van der Waals surface area contributed by atoms with Crippen molar-refractivity contribution < 1.29 is 22.4 Å². The fourth-order valence-corrected chi connectivity index (χ4v) is 3.23. The lowest BCUT2D eigenvalue weighted by molar-refractivity contribution is 0.0468. The van der Waals surface area contributed by atoms with E-state index in [0.29, 0.717) is 33.4 Å². The molecule has 0 aliphatic carbocycles. The van der Waals surface area contributed by atoms with Crippen LogP contribution in [0.2, 0.25) is 0 Å². The van der Waals surface area contributed by atoms with Crippen molar-refractivity contribution in [2.45, 2.75) is 11.8 Å². The summed E-state index contributed by atoms with van der Waals surface area (Å²) in [5.74, 6) is -0.471. The molecule has 4 aromatic rings. The van der Waals surface area contributed by atoms with Gasteiger partial charge in [-0.3, -0.25) is 0 Å². The average Bonchev–Trinajstić information content (AvgIpc) is 3.25. The highest BCUT2D eigenvalue weighted by Crippen LogP contribution is 2.27. The van der Waals surface area contributed by atoms with Gasteiger partial charge in [0, 0.05) is 23.4 Å². The molecule has 0 saturated heterocycles. The first-order valence-corrected chi connectivity index (χ1v) is 10.4. The lowest BCUT2D eigenvalue weighted by atomic mass is 10.1. The number of hydrogen-bond acceptors (Lipinski definition) is 8. The Morgan fingerprint density at radius 2 is 1.93 bits per heavy atom. The van der Waals surface area contributed by atoms with Crippen LogP contribution >= 0.6 is 0 Å². The minimum absolute atomic E-state index is 0.0671. The number of rotatable bonds is 5. The van der Waals surface area contributed by atoms with Gasteiger partial charge >= 0.3 is 5.97 Å². The summed E-state index contributed by atoms with van der Waals surface area (Å²) in [5.41, 5.74) is 2.29. The molecule has 29 heavy (non-hydrogen) atoms. The van der Waals surface area contributed by atoms with Crippen molar-refractivity contribution >= 4 is 26.7 Å². The Bertz CT molecular complexity index is 1290. The van der Waals surface area contributed by atoms with Crippen LogP contribution in [0.3, 0.4) is 0 Å². The van der Waals surface area contributed by atoms with Crippen molar-refractivity contribution in [1.29, 1.82) is 0 Å². The quantitative estimate of drug-likeness (QED) is 0.365. The minimum atomic E-state index is -3.58. The molecule has 9 heteroatoms. The highest BCUT2D eigenvalue weighted by Gasteiger charge is 2.17. The molecule has 0 radical (unpaired) electrons. The number of benzene rings is 1. The van der Waals surface area contributed by atoms with Crippen molar-refractivity contribution in [3.8, 4) is 11.3 Å². The van der Waals surface area contributed by atoms with Gasteiger partial charge in [0.15, 0.2) is 0 Å². The number of pyridine rings is 1. The third-order valence-corrected chi connectivity index (χ3v) is 4.94. The molecule has 0 aliphatic heterocycles. The SMILES string of the molecule is CS(=O)(=O)c1ncc2cc(COC(=O)c3ccccc3)nc(-c3ccoc3)c2n1. The Kier molecular flexibility index (Phi) is 4.81. The van der Waals surface area contributed by atoms with Gasteiger partial charge < -0.3 is 9.15 Å². The number of esters is 1. The number of sulfone groups is 1. The molecule has 8 nitrogen and oxygen atoms in total. The second-order valence-electron chi connectivity index (χ2n) is 6.28. The highest BCUT2D eigenvalue weighted by atomic mass is 32.2. The van der Waals surface area contributed by atoms with Crippen LogP contribution < -0.4 is 0 Å². The van der Waals surface area contributed by atoms with E-state index in [4.69, 9.17) is 9.15 Å². The van der Waals surface area contributed by atoms with Crippen molar-refractivity contribution in [3.05, 3.63) is 72.4 Å². The first-order chi connectivity index (χ1) is 13.9. The Morgan fingerprint density at radius 1 is 1.14 bits per heavy atom. The minimum Gasteiger partial charge on any atom is -0.472 e. The number of fused-ring (bicyclic) bond motifs is 1. The van der Waals surface area contributed by atoms with E-state index in [1.807, 2.05) is 6.07 Å². The molecule has 4 rings (SSSR count). The number of carbonyl (C=O) groups is 1. The summed E-state index contributed by atoms with van der Waals surface area (Å²) in [5, 5.41) is 0.272. The van der Waals surface area contributed by atoms with Gasteiger partial charge in [-0.25, -0.2) is 28.2 Å². The molecule has 0 amide bonds. The smallest absolute Gasteiger partial charge is 0.338 e. The molecule has 0 bridgehead atoms. The lowest BCUT2D eigenvalue weighted by Gasteiger charge is -2.09. The summed E-state index contributed by atoms with van der Waals surface area (Å²) < 4.78 is 34.1. The van der Waals surface area contributed by atoms with Gasteiger partial charge in [0.1, 0.15) is 17.8 Å². The lowest BCUT2D eigenvalue weighted by Crippen LogP contribution is -2.08. The van der Waals surface area contributed by atoms with Gasteiger partial charge in [-0.05, 0) is 24.3 Å². The summed E-state index contributed by atoms with van der Waals surface area (Å²) in [7, 11) is -3.58. The molecule has 3 heterocycles. The number of ether oxygens (including phenoxy) is 1. The fourth-order valence-electron chi connectivity index (χ4n) is 2.73. The van der Waals surface area contributed by atoms with Crippen LogP contribution in [-0.2, 0) is 21.2 Å². The molecule has 0 spiro atoms. The van der Waals surface area contributed by atoms with Crippen LogP contribution in [0.4, 0.5) is 0 Å². The summed E-state index contributed by atoms with van der Waals surface area (Å²) in [6.45, 7) is -0.0671. The molecule has 3 aromatic heterocycles. The van der Waals surface area contributed by atoms with E-state index in [1.54, 1.807) is 36.4 Å². The maximum Gasteiger partial charge on any atom is 0.338 e. The van der Waals surface area contributed by atoms with Gasteiger partial charge in [-0.2, -0.15) is 0 Å². The van der Waals surface area contributed by atoms with Gasteiger partial charge in [-0.15, -0.1) is 0 Å². The van der Waals surface area contributed by atoms with Crippen LogP contribution in [0.5, 0.6) is 0 Å². The summed E-state index contributed by atoms with van der Waals surface area (Å²) >= 11 is 0. The molecular weight excluding hydrogens is 394 g/mol. The molecule has 0 N–H and O–H groups in total. The van der Waals surface area contributed by atoms with E-state index < -0.39 is 15.8 Å². The van der Waals surface area contributed by atoms with Crippen LogP contribution in [0, 0.1) is 0 Å². The predicted octanol–water partition coefficient (Wildman–Crippen LogP) is 3.05. The Hall–Kier alpha value is -3.59. The molecule has 1 aromatic carbocycles. The summed E-state index contributed by atoms with van der Waals surface area (Å²) in [4.78, 5) is 24.8. The third-order valence-electron chi connectivity index (χ3n) is 4.08. The number of furan rings is 1. The summed E-state index contributed by atoms with van der Waals surface area (Å²) in [6.07, 6.45) is 5.40. The fraction of sp³-hybridized carbons (Fsp3) is 0.100. The van der Waals surface area contributed by atoms with Gasteiger partial charge in [0.25, 0.3) is 0 Å². The first kappa shape index (κ1) is 18.8. The van der Waals surface area contributed by atoms with Gasteiger partial charge in [0.05, 0.1) is 23.8 Å².